The van der Waals surface area contributed by atoms with Crippen LogP contribution in [-0.4, -0.2) is 26.8 Å². The van der Waals surface area contributed by atoms with Gasteiger partial charge < -0.3 is 10.4 Å². The lowest BCUT2D eigenvalue weighted by molar-refractivity contribution is -0.144. The molecule has 23 heavy (non-hydrogen) atoms. The van der Waals surface area contributed by atoms with Crippen molar-refractivity contribution in [3.8, 4) is 0 Å². The first kappa shape index (κ1) is 17.5. The van der Waals surface area contributed by atoms with Gasteiger partial charge in [0, 0.05) is 24.7 Å². The highest BCUT2D eigenvalue weighted by Crippen LogP contribution is 2.35. The van der Waals surface area contributed by atoms with E-state index in [1.807, 2.05) is 13.2 Å². The fourth-order valence-electron chi connectivity index (χ4n) is 3.30. The van der Waals surface area contributed by atoms with Crippen LogP contribution in [0.15, 0.2) is 12.4 Å². The zero-order chi connectivity index (χ0) is 17.2. The zero-order valence-corrected chi connectivity index (χ0v) is 14.4. The second kappa shape index (κ2) is 6.72. The van der Waals surface area contributed by atoms with E-state index in [1.54, 1.807) is 10.9 Å². The average Bonchev–Trinajstić information content (AvgIpc) is 2.89. The number of aromatic nitrogens is 2. The van der Waals surface area contributed by atoms with E-state index < -0.39 is 11.9 Å². The first-order valence-corrected chi connectivity index (χ1v) is 8.20. The zero-order valence-electron chi connectivity index (χ0n) is 14.4. The number of nitrogens with zero attached hydrogens (tertiary/aromatic N) is 2. The van der Waals surface area contributed by atoms with Gasteiger partial charge >= 0.3 is 5.97 Å². The molecule has 1 aliphatic carbocycles. The molecule has 0 radical (unpaired) electrons. The first-order valence-electron chi connectivity index (χ1n) is 8.20. The molecule has 2 N–H and O–H groups in total. The number of nitrogens with one attached hydrogen (secondary N) is 1. The summed E-state index contributed by atoms with van der Waals surface area (Å²) in [5.41, 5.74) is 0.818. The standard InChI is InChI=1S/C17H27N3O3/c1-17(2,3)14(13-9-18-20(4)10-13)19-15(21)11-6-5-7-12(8-11)16(22)23/h9-12,14H,5-8H2,1-4H3,(H,19,21)(H,22,23). The third kappa shape index (κ3) is 4.33. The van der Waals surface area contributed by atoms with Crippen molar-refractivity contribution >= 4 is 11.9 Å². The summed E-state index contributed by atoms with van der Waals surface area (Å²) >= 11 is 0. The van der Waals surface area contributed by atoms with E-state index in [0.717, 1.165) is 18.4 Å². The largest absolute Gasteiger partial charge is 0.481 e. The second-order valence-corrected chi connectivity index (χ2v) is 7.65. The number of hydrogen-bond acceptors (Lipinski definition) is 3. The van der Waals surface area contributed by atoms with E-state index in [-0.39, 0.29) is 23.3 Å². The van der Waals surface area contributed by atoms with Gasteiger partial charge in [0.1, 0.15) is 0 Å². The van der Waals surface area contributed by atoms with Crippen molar-refractivity contribution in [1.29, 1.82) is 0 Å². The Kier molecular flexibility index (Phi) is 5.12. The summed E-state index contributed by atoms with van der Waals surface area (Å²) in [6, 6.07) is -0.145. The number of amides is 1. The van der Waals surface area contributed by atoms with Gasteiger partial charge in [0.15, 0.2) is 0 Å². The van der Waals surface area contributed by atoms with Crippen LogP contribution in [0.4, 0.5) is 0 Å². The molecule has 3 unspecified atom stereocenters. The smallest absolute Gasteiger partial charge is 0.306 e. The quantitative estimate of drug-likeness (QED) is 0.892. The molecule has 0 bridgehead atoms. The van der Waals surface area contributed by atoms with Crippen LogP contribution < -0.4 is 5.32 Å². The minimum Gasteiger partial charge on any atom is -0.481 e. The molecule has 128 valence electrons. The summed E-state index contributed by atoms with van der Waals surface area (Å²) < 4.78 is 1.72. The molecule has 1 saturated carbocycles. The van der Waals surface area contributed by atoms with Crippen LogP contribution in [0, 0.1) is 17.3 Å². The molecular weight excluding hydrogens is 294 g/mol. The molecule has 0 saturated heterocycles. The maximum atomic E-state index is 12.7. The molecule has 1 aromatic rings. The summed E-state index contributed by atoms with van der Waals surface area (Å²) in [5, 5.41) is 16.5. The Morgan fingerprint density at radius 3 is 2.52 bits per heavy atom. The van der Waals surface area contributed by atoms with Crippen LogP contribution in [0.5, 0.6) is 0 Å². The average molecular weight is 321 g/mol. The molecule has 0 spiro atoms. The maximum absolute atomic E-state index is 12.7. The van der Waals surface area contributed by atoms with E-state index in [9.17, 15) is 14.7 Å². The minimum atomic E-state index is -0.790. The van der Waals surface area contributed by atoms with Crippen molar-refractivity contribution < 1.29 is 14.7 Å². The first-order chi connectivity index (χ1) is 10.7. The monoisotopic (exact) mass is 321 g/mol. The van der Waals surface area contributed by atoms with Crippen molar-refractivity contribution in [2.24, 2.45) is 24.3 Å². The molecule has 3 atom stereocenters. The number of hydrogen-bond donors (Lipinski definition) is 2. The lowest BCUT2D eigenvalue weighted by Gasteiger charge is -2.33. The number of carboxylic acid groups (broad SMARTS) is 1. The summed E-state index contributed by atoms with van der Waals surface area (Å²) in [6.45, 7) is 6.23. The molecule has 6 nitrogen and oxygen atoms in total. The maximum Gasteiger partial charge on any atom is 0.306 e. The van der Waals surface area contributed by atoms with Crippen LogP contribution in [0.25, 0.3) is 0 Å². The molecule has 0 aromatic carbocycles. The number of carbonyl (C=O) groups excluding carboxylic acids is 1. The van der Waals surface area contributed by atoms with Crippen molar-refractivity contribution in [3.05, 3.63) is 18.0 Å². The van der Waals surface area contributed by atoms with E-state index in [2.05, 4.69) is 31.2 Å². The van der Waals surface area contributed by atoms with Gasteiger partial charge in [0.2, 0.25) is 5.91 Å². The van der Waals surface area contributed by atoms with Gasteiger partial charge in [-0.05, 0) is 24.7 Å². The fourth-order valence-corrected chi connectivity index (χ4v) is 3.30. The highest BCUT2D eigenvalue weighted by Gasteiger charge is 2.34. The van der Waals surface area contributed by atoms with Crippen molar-refractivity contribution in [2.45, 2.75) is 52.5 Å². The predicted octanol–water partition coefficient (Wildman–Crippen LogP) is 2.51. The molecule has 1 aliphatic rings. The molecule has 1 fully saturated rings. The molecule has 0 aliphatic heterocycles. The highest BCUT2D eigenvalue weighted by molar-refractivity contribution is 5.80. The highest BCUT2D eigenvalue weighted by atomic mass is 16.4. The van der Waals surface area contributed by atoms with Gasteiger partial charge in [0.25, 0.3) is 0 Å². The third-order valence-corrected chi connectivity index (χ3v) is 4.61. The fraction of sp³-hybridized carbons (Fsp3) is 0.706. The normalized spacial score (nSPS) is 23.3. The molecule has 1 aromatic heterocycles. The lowest BCUT2D eigenvalue weighted by Crippen LogP contribution is -2.41. The van der Waals surface area contributed by atoms with Gasteiger partial charge in [-0.1, -0.05) is 27.2 Å². The topological polar surface area (TPSA) is 84.2 Å². The van der Waals surface area contributed by atoms with Gasteiger partial charge in [-0.15, -0.1) is 0 Å². The van der Waals surface area contributed by atoms with E-state index in [0.29, 0.717) is 12.8 Å². The summed E-state index contributed by atoms with van der Waals surface area (Å²) in [4.78, 5) is 23.9. The number of rotatable bonds is 4. The Labute approximate surface area is 137 Å². The Bertz CT molecular complexity index is 574. The Morgan fingerprint density at radius 1 is 1.35 bits per heavy atom. The van der Waals surface area contributed by atoms with Crippen molar-refractivity contribution in [3.63, 3.8) is 0 Å². The van der Waals surface area contributed by atoms with Gasteiger partial charge in [-0.25, -0.2) is 0 Å². The minimum absolute atomic E-state index is 0.0419. The number of carboxylic acids is 1. The summed E-state index contributed by atoms with van der Waals surface area (Å²) in [6.07, 6.45) is 6.35. The summed E-state index contributed by atoms with van der Waals surface area (Å²) in [7, 11) is 1.85. The van der Waals surface area contributed by atoms with Crippen LogP contribution in [0.3, 0.4) is 0 Å². The Morgan fingerprint density at radius 2 is 2.00 bits per heavy atom. The SMILES string of the molecule is Cn1cc(C(NC(=O)C2CCCC(C(=O)O)C2)C(C)(C)C)cn1. The molecule has 1 heterocycles. The van der Waals surface area contributed by atoms with E-state index >= 15 is 0 Å². The van der Waals surface area contributed by atoms with Gasteiger partial charge in [-0.2, -0.15) is 5.10 Å². The second-order valence-electron chi connectivity index (χ2n) is 7.65. The predicted molar refractivity (Wildman–Crippen MR) is 86.6 cm³/mol. The van der Waals surface area contributed by atoms with Gasteiger partial charge in [0.05, 0.1) is 18.2 Å². The van der Waals surface area contributed by atoms with Crippen LogP contribution >= 0.6 is 0 Å². The number of aliphatic carboxylic acids is 1. The van der Waals surface area contributed by atoms with Crippen LogP contribution in [0.1, 0.15) is 58.1 Å². The third-order valence-electron chi connectivity index (χ3n) is 4.61. The van der Waals surface area contributed by atoms with E-state index in [1.165, 1.54) is 0 Å². The molecular formula is C17H27N3O3. The van der Waals surface area contributed by atoms with Gasteiger partial charge in [-0.3, -0.25) is 14.3 Å². The Balaban J connectivity index is 2.10. The molecule has 6 heteroatoms. The lowest BCUT2D eigenvalue weighted by atomic mass is 9.79. The molecule has 2 rings (SSSR count). The van der Waals surface area contributed by atoms with Crippen molar-refractivity contribution in [1.82, 2.24) is 15.1 Å². The van der Waals surface area contributed by atoms with Crippen molar-refractivity contribution in [2.75, 3.05) is 0 Å². The molecule has 1 amide bonds. The van der Waals surface area contributed by atoms with Crippen LogP contribution in [0.2, 0.25) is 0 Å². The number of carbonyl (C=O) groups is 2. The van der Waals surface area contributed by atoms with Crippen LogP contribution in [-0.2, 0) is 16.6 Å². The van der Waals surface area contributed by atoms with E-state index in [4.69, 9.17) is 0 Å². The Hall–Kier alpha value is -1.85. The summed E-state index contributed by atoms with van der Waals surface area (Å²) in [5.74, 6) is -1.45. The number of aryl methyl sites for hydroxylation is 1.